The Morgan fingerprint density at radius 3 is 2.64 bits per heavy atom. The number of aliphatic hydroxyl groups is 1. The van der Waals surface area contributed by atoms with Crippen LogP contribution in [0.3, 0.4) is 0 Å². The van der Waals surface area contributed by atoms with Crippen molar-refractivity contribution < 1.29 is 19.4 Å². The van der Waals surface area contributed by atoms with Gasteiger partial charge in [-0.3, -0.25) is 14.5 Å². The van der Waals surface area contributed by atoms with Crippen LogP contribution in [0.25, 0.3) is 16.0 Å². The third kappa shape index (κ3) is 4.38. The molecule has 36 heavy (non-hydrogen) atoms. The van der Waals surface area contributed by atoms with Gasteiger partial charge in [-0.2, -0.15) is 0 Å². The third-order valence-electron chi connectivity index (χ3n) is 6.17. The maximum absolute atomic E-state index is 13.4. The monoisotopic (exact) mass is 498 g/mol. The van der Waals surface area contributed by atoms with E-state index in [0.717, 1.165) is 28.6 Å². The molecule has 182 valence electrons. The zero-order chi connectivity index (χ0) is 25.2. The van der Waals surface area contributed by atoms with Crippen LogP contribution in [0.4, 0.5) is 5.13 Å². The molecule has 7 heteroatoms. The van der Waals surface area contributed by atoms with Crippen molar-refractivity contribution in [1.82, 2.24) is 4.98 Å². The lowest BCUT2D eigenvalue weighted by Crippen LogP contribution is -2.29. The topological polar surface area (TPSA) is 79.7 Å². The molecule has 0 radical (unpaired) electrons. The second kappa shape index (κ2) is 9.95. The van der Waals surface area contributed by atoms with Gasteiger partial charge in [-0.15, -0.1) is 0 Å². The quantitative estimate of drug-likeness (QED) is 0.138. The maximum atomic E-state index is 13.4. The van der Waals surface area contributed by atoms with Crippen molar-refractivity contribution >= 4 is 44.1 Å². The molecule has 1 N–H and O–H groups in total. The fourth-order valence-corrected chi connectivity index (χ4v) is 5.42. The lowest BCUT2D eigenvalue weighted by molar-refractivity contribution is -0.132. The molecule has 0 saturated carbocycles. The number of fused-ring (bicyclic) bond motifs is 1. The molecule has 6 nitrogen and oxygen atoms in total. The molecule has 4 aromatic rings. The summed E-state index contributed by atoms with van der Waals surface area (Å²) in [5.74, 6) is -1.09. The molecule has 5 rings (SSSR count). The van der Waals surface area contributed by atoms with Crippen molar-refractivity contribution in [3.63, 3.8) is 0 Å². The van der Waals surface area contributed by atoms with Crippen molar-refractivity contribution in [2.24, 2.45) is 0 Å². The first-order chi connectivity index (χ1) is 17.5. The predicted octanol–water partition coefficient (Wildman–Crippen LogP) is 6.41. The minimum absolute atomic E-state index is 0.0346. The Labute approximate surface area is 213 Å². The normalized spacial score (nSPS) is 17.2. The number of carbonyl (C=O) groups is 2. The van der Waals surface area contributed by atoms with Crippen LogP contribution < -0.4 is 9.64 Å². The predicted molar refractivity (Wildman–Crippen MR) is 142 cm³/mol. The van der Waals surface area contributed by atoms with E-state index < -0.39 is 17.7 Å². The van der Waals surface area contributed by atoms with Crippen LogP contribution in [0, 0.1) is 6.92 Å². The number of ether oxygens (including phenoxy) is 1. The maximum Gasteiger partial charge on any atom is 0.301 e. The van der Waals surface area contributed by atoms with Gasteiger partial charge in [-0.1, -0.05) is 73.2 Å². The number of hydrogen-bond donors (Lipinski definition) is 1. The van der Waals surface area contributed by atoms with Gasteiger partial charge in [0.05, 0.1) is 28.4 Å². The van der Waals surface area contributed by atoms with Crippen LogP contribution >= 0.6 is 11.3 Å². The minimum atomic E-state index is -0.808. The van der Waals surface area contributed by atoms with E-state index in [0.29, 0.717) is 28.6 Å². The first kappa shape index (κ1) is 23.8. The lowest BCUT2D eigenvalue weighted by atomic mass is 9.95. The van der Waals surface area contributed by atoms with Crippen molar-refractivity contribution in [3.8, 4) is 5.75 Å². The van der Waals surface area contributed by atoms with Crippen LogP contribution in [0.1, 0.15) is 42.5 Å². The van der Waals surface area contributed by atoms with Crippen molar-refractivity contribution in [2.45, 2.75) is 32.7 Å². The zero-order valence-corrected chi connectivity index (χ0v) is 20.9. The van der Waals surface area contributed by atoms with Gasteiger partial charge in [0, 0.05) is 5.56 Å². The Morgan fingerprint density at radius 2 is 1.86 bits per heavy atom. The Balaban J connectivity index is 1.63. The number of Topliss-reactive ketones (excluding diaryl/α,β-unsaturated/α-hetero) is 1. The van der Waals surface area contributed by atoms with E-state index in [1.165, 1.54) is 16.2 Å². The number of aliphatic hydroxyl groups excluding tert-OH is 1. The van der Waals surface area contributed by atoms with Gasteiger partial charge in [-0.05, 0) is 48.7 Å². The van der Waals surface area contributed by atoms with Crippen molar-refractivity contribution in [2.75, 3.05) is 11.5 Å². The molecule has 0 bridgehead atoms. The number of anilines is 1. The number of aromatic nitrogens is 1. The Hall–Kier alpha value is -3.97. The zero-order valence-electron chi connectivity index (χ0n) is 20.1. The fraction of sp³-hybridized carbons (Fsp3) is 0.207. The molecular weight excluding hydrogens is 472 g/mol. The molecule has 1 aliphatic rings. The van der Waals surface area contributed by atoms with Crippen LogP contribution in [-0.4, -0.2) is 28.4 Å². The standard InChI is InChI=1S/C29H26N2O4S/c1-3-4-15-35-21-12-8-11-20(17-21)26(32)24-25(19-9-6-5-7-10-19)31(28(34)27(24)33)29-30-22-14-13-18(2)16-23(22)36-29/h5-14,16-17,25,32H,3-4,15H2,1-2H3/b26-24+. The molecule has 3 aromatic carbocycles. The molecule has 1 aromatic heterocycles. The van der Waals surface area contributed by atoms with E-state index in [-0.39, 0.29) is 11.3 Å². The second-order valence-electron chi connectivity index (χ2n) is 8.78. The molecule has 1 amide bonds. The number of rotatable bonds is 7. The first-order valence-corrected chi connectivity index (χ1v) is 12.8. The summed E-state index contributed by atoms with van der Waals surface area (Å²) < 4.78 is 6.72. The van der Waals surface area contributed by atoms with E-state index in [9.17, 15) is 14.7 Å². The summed E-state index contributed by atoms with van der Waals surface area (Å²) in [5, 5.41) is 11.8. The molecular formula is C29H26N2O4S. The van der Waals surface area contributed by atoms with E-state index in [1.54, 1.807) is 18.2 Å². The first-order valence-electron chi connectivity index (χ1n) is 11.9. The number of hydrogen-bond acceptors (Lipinski definition) is 6. The Bertz CT molecular complexity index is 1480. The van der Waals surface area contributed by atoms with Crippen molar-refractivity contribution in [3.05, 3.63) is 95.1 Å². The summed E-state index contributed by atoms with van der Waals surface area (Å²) in [6, 6.07) is 21.3. The molecule has 0 spiro atoms. The van der Waals surface area contributed by atoms with E-state index >= 15 is 0 Å². The molecule has 1 aliphatic heterocycles. The summed E-state index contributed by atoms with van der Waals surface area (Å²) in [7, 11) is 0. The number of aryl methyl sites for hydroxylation is 1. The number of nitrogens with zero attached hydrogens (tertiary/aromatic N) is 2. The van der Waals surface area contributed by atoms with Crippen LogP contribution in [-0.2, 0) is 9.59 Å². The molecule has 1 unspecified atom stereocenters. The van der Waals surface area contributed by atoms with E-state index in [4.69, 9.17) is 4.74 Å². The summed E-state index contributed by atoms with van der Waals surface area (Å²) in [5.41, 5.74) is 3.01. The van der Waals surface area contributed by atoms with Crippen molar-refractivity contribution in [1.29, 1.82) is 0 Å². The Morgan fingerprint density at radius 1 is 1.06 bits per heavy atom. The number of carbonyl (C=O) groups excluding carboxylic acids is 2. The average Bonchev–Trinajstić information content (AvgIpc) is 3.42. The minimum Gasteiger partial charge on any atom is -0.507 e. The number of amides is 1. The largest absolute Gasteiger partial charge is 0.507 e. The molecule has 1 atom stereocenters. The van der Waals surface area contributed by atoms with E-state index in [1.807, 2.05) is 61.5 Å². The molecule has 2 heterocycles. The van der Waals surface area contributed by atoms with Crippen LogP contribution in [0.15, 0.2) is 78.4 Å². The van der Waals surface area contributed by atoms with Gasteiger partial charge in [-0.25, -0.2) is 4.98 Å². The van der Waals surface area contributed by atoms with Gasteiger partial charge < -0.3 is 9.84 Å². The number of benzene rings is 3. The summed E-state index contributed by atoms with van der Waals surface area (Å²) >= 11 is 1.35. The lowest BCUT2D eigenvalue weighted by Gasteiger charge is -2.23. The number of unbranched alkanes of at least 4 members (excludes halogenated alkanes) is 1. The highest BCUT2D eigenvalue weighted by atomic mass is 32.1. The Kier molecular flexibility index (Phi) is 6.57. The fourth-order valence-electron chi connectivity index (χ4n) is 4.33. The summed E-state index contributed by atoms with van der Waals surface area (Å²) in [4.78, 5) is 32.9. The summed E-state index contributed by atoms with van der Waals surface area (Å²) in [6.07, 6.45) is 1.92. The van der Waals surface area contributed by atoms with Gasteiger partial charge >= 0.3 is 5.91 Å². The SMILES string of the molecule is CCCCOc1cccc(/C(O)=C2\C(=O)C(=O)N(c3nc4ccc(C)cc4s3)C2c2ccccc2)c1. The third-order valence-corrected chi connectivity index (χ3v) is 7.19. The molecule has 1 fully saturated rings. The molecule has 0 aliphatic carbocycles. The summed E-state index contributed by atoms with van der Waals surface area (Å²) in [6.45, 7) is 4.64. The highest BCUT2D eigenvalue weighted by molar-refractivity contribution is 7.22. The van der Waals surface area contributed by atoms with E-state index in [2.05, 4.69) is 11.9 Å². The van der Waals surface area contributed by atoms with Gasteiger partial charge in [0.1, 0.15) is 11.5 Å². The van der Waals surface area contributed by atoms with Crippen LogP contribution in [0.5, 0.6) is 5.75 Å². The van der Waals surface area contributed by atoms with Gasteiger partial charge in [0.2, 0.25) is 0 Å². The van der Waals surface area contributed by atoms with Crippen LogP contribution in [0.2, 0.25) is 0 Å². The molecule has 1 saturated heterocycles. The number of ketones is 1. The van der Waals surface area contributed by atoms with Gasteiger partial charge in [0.25, 0.3) is 5.78 Å². The second-order valence-corrected chi connectivity index (χ2v) is 9.79. The smallest absolute Gasteiger partial charge is 0.301 e. The highest BCUT2D eigenvalue weighted by Gasteiger charge is 2.48. The number of thiazole rings is 1. The highest BCUT2D eigenvalue weighted by Crippen LogP contribution is 2.44. The average molecular weight is 499 g/mol. The van der Waals surface area contributed by atoms with Gasteiger partial charge in [0.15, 0.2) is 5.13 Å².